The summed E-state index contributed by atoms with van der Waals surface area (Å²) in [6.45, 7) is 2.11. The topological polar surface area (TPSA) is 88.9 Å². The fourth-order valence-electron chi connectivity index (χ4n) is 3.89. The minimum absolute atomic E-state index is 0.0143. The predicted octanol–water partition coefficient (Wildman–Crippen LogP) is 3.35. The fourth-order valence-corrected chi connectivity index (χ4v) is 4.77. The molecule has 11 heteroatoms. The predicted molar refractivity (Wildman–Crippen MR) is 120 cm³/mol. The van der Waals surface area contributed by atoms with E-state index >= 15 is 0 Å². The number of carbonyl (C=O) groups is 1. The van der Waals surface area contributed by atoms with Gasteiger partial charge >= 0.3 is 6.03 Å². The average Bonchev–Trinajstić information content (AvgIpc) is 3.16. The lowest BCUT2D eigenvalue weighted by atomic mass is 10.1. The third kappa shape index (κ3) is 5.05. The van der Waals surface area contributed by atoms with Crippen LogP contribution in [-0.4, -0.2) is 64.5 Å². The molecule has 0 bridgehead atoms. The van der Waals surface area contributed by atoms with Gasteiger partial charge in [-0.15, -0.1) is 0 Å². The number of nitrogens with zero attached hydrogens (tertiary/aromatic N) is 3. The van der Waals surface area contributed by atoms with Crippen LogP contribution < -0.4 is 10.2 Å². The Bertz CT molecular complexity index is 1180. The summed E-state index contributed by atoms with van der Waals surface area (Å²) in [7, 11) is 0. The lowest BCUT2D eigenvalue weighted by Crippen LogP contribution is -2.55. The van der Waals surface area contributed by atoms with Crippen LogP contribution in [0.15, 0.2) is 30.3 Å². The molecular weight excluding hydrogens is 457 g/mol. The smallest absolute Gasteiger partial charge is 0.324 e. The number of aliphatic hydroxyl groups excluding tert-OH is 2. The van der Waals surface area contributed by atoms with Gasteiger partial charge in [-0.05, 0) is 36.8 Å². The maximum Gasteiger partial charge on any atom is 0.324 e. The van der Waals surface area contributed by atoms with Gasteiger partial charge in [-0.3, -0.25) is 5.32 Å². The molecule has 0 saturated carbocycles. The van der Waals surface area contributed by atoms with Gasteiger partial charge in [0.25, 0.3) is 0 Å². The van der Waals surface area contributed by atoms with Crippen LogP contribution in [0.1, 0.15) is 12.5 Å². The monoisotopic (exact) mass is 480 g/mol. The van der Waals surface area contributed by atoms with Crippen molar-refractivity contribution in [2.45, 2.75) is 25.5 Å². The van der Waals surface area contributed by atoms with E-state index in [0.717, 1.165) is 12.1 Å². The lowest BCUT2D eigenvalue weighted by Gasteiger charge is -2.40. The van der Waals surface area contributed by atoms with E-state index in [1.165, 1.54) is 23.5 Å². The quantitative estimate of drug-likeness (QED) is 0.521. The van der Waals surface area contributed by atoms with Gasteiger partial charge in [-0.25, -0.2) is 22.9 Å². The van der Waals surface area contributed by atoms with E-state index in [1.54, 1.807) is 22.8 Å². The number of anilines is 2. The molecule has 3 N–H and O–H groups in total. The molecule has 0 aliphatic carbocycles. The molecule has 1 aliphatic heterocycles. The van der Waals surface area contributed by atoms with Crippen LogP contribution >= 0.6 is 11.3 Å². The van der Waals surface area contributed by atoms with Gasteiger partial charge in [0.2, 0.25) is 0 Å². The first-order valence-electron chi connectivity index (χ1n) is 10.4. The minimum Gasteiger partial charge on any atom is -0.394 e. The zero-order valence-corrected chi connectivity index (χ0v) is 18.6. The number of hydrogen-bond donors (Lipinski definition) is 3. The summed E-state index contributed by atoms with van der Waals surface area (Å²) in [5.41, 5.74) is 0.649. The van der Waals surface area contributed by atoms with Crippen molar-refractivity contribution in [2.24, 2.45) is 0 Å². The second kappa shape index (κ2) is 9.54. The number of thiazole rings is 1. The molecular formula is C22H23F3N4O3S. The second-order valence-electron chi connectivity index (χ2n) is 7.99. The van der Waals surface area contributed by atoms with Gasteiger partial charge in [-0.2, -0.15) is 0 Å². The van der Waals surface area contributed by atoms with Crippen molar-refractivity contribution < 1.29 is 28.2 Å². The first-order valence-corrected chi connectivity index (χ1v) is 11.2. The molecule has 2 aromatic carbocycles. The highest BCUT2D eigenvalue weighted by Gasteiger charge is 2.30. The number of urea groups is 1. The second-order valence-corrected chi connectivity index (χ2v) is 9.02. The molecule has 1 aromatic heterocycles. The van der Waals surface area contributed by atoms with Gasteiger partial charge in [0, 0.05) is 38.2 Å². The van der Waals surface area contributed by atoms with Crippen LogP contribution in [0.4, 0.5) is 28.8 Å². The molecule has 176 valence electrons. The molecule has 2 atom stereocenters. The number of piperazine rings is 1. The number of carbonyl (C=O) groups excluding carboxylic acids is 1. The van der Waals surface area contributed by atoms with E-state index < -0.39 is 24.3 Å². The number of rotatable bonds is 5. The number of fused-ring (bicyclic) bond motifs is 1. The molecule has 4 rings (SSSR count). The Hall–Kier alpha value is -2.89. The molecule has 2 heterocycles. The third-order valence-electron chi connectivity index (χ3n) is 5.58. The van der Waals surface area contributed by atoms with Crippen LogP contribution in [0.5, 0.6) is 0 Å². The van der Waals surface area contributed by atoms with Gasteiger partial charge in [0.05, 0.1) is 28.6 Å². The van der Waals surface area contributed by atoms with Crippen molar-refractivity contribution in [1.29, 1.82) is 0 Å². The summed E-state index contributed by atoms with van der Waals surface area (Å²) in [5.74, 6) is -1.68. The molecule has 1 fully saturated rings. The van der Waals surface area contributed by atoms with Crippen molar-refractivity contribution >= 4 is 38.4 Å². The summed E-state index contributed by atoms with van der Waals surface area (Å²) >= 11 is 1.17. The maximum atomic E-state index is 14.7. The number of hydrogen-bond acceptors (Lipinski definition) is 6. The number of amides is 2. The Kier molecular flexibility index (Phi) is 6.73. The van der Waals surface area contributed by atoms with E-state index in [-0.39, 0.29) is 55.2 Å². The highest BCUT2D eigenvalue weighted by molar-refractivity contribution is 7.22. The van der Waals surface area contributed by atoms with Gasteiger partial charge in [0.15, 0.2) is 5.13 Å². The highest BCUT2D eigenvalue weighted by atomic mass is 32.1. The summed E-state index contributed by atoms with van der Waals surface area (Å²) in [5, 5.41) is 21.5. The summed E-state index contributed by atoms with van der Waals surface area (Å²) in [6, 6.07) is 5.64. The zero-order valence-electron chi connectivity index (χ0n) is 17.8. The van der Waals surface area contributed by atoms with Gasteiger partial charge < -0.3 is 20.0 Å². The lowest BCUT2D eigenvalue weighted by molar-refractivity contribution is 0.0947. The maximum absolute atomic E-state index is 14.7. The molecule has 0 unspecified atom stereocenters. The number of halogens is 3. The SMILES string of the molecule is C[C@H]1CN(c2cc(F)c(C[C@@H](O)CO)cc2F)CCN1C(=O)Nc1nc2ccc(F)cc2s1. The Morgan fingerprint density at radius 3 is 2.76 bits per heavy atom. The third-order valence-corrected chi connectivity index (χ3v) is 6.51. The van der Waals surface area contributed by atoms with Crippen LogP contribution in [0.3, 0.4) is 0 Å². The van der Waals surface area contributed by atoms with Crippen molar-refractivity contribution in [3.05, 3.63) is 53.3 Å². The van der Waals surface area contributed by atoms with E-state index in [1.807, 2.05) is 0 Å². The van der Waals surface area contributed by atoms with E-state index in [9.17, 15) is 23.1 Å². The molecule has 3 aromatic rings. The molecule has 1 saturated heterocycles. The van der Waals surface area contributed by atoms with Crippen LogP contribution in [0.25, 0.3) is 10.2 Å². The first kappa shape index (κ1) is 23.3. The minimum atomic E-state index is -1.17. The van der Waals surface area contributed by atoms with E-state index in [4.69, 9.17) is 5.11 Å². The summed E-state index contributed by atoms with van der Waals surface area (Å²) in [4.78, 5) is 20.3. The van der Waals surface area contributed by atoms with Crippen molar-refractivity contribution in [3.63, 3.8) is 0 Å². The zero-order chi connectivity index (χ0) is 23.7. The van der Waals surface area contributed by atoms with Crippen molar-refractivity contribution in [2.75, 3.05) is 36.5 Å². The number of benzene rings is 2. The number of aromatic nitrogens is 1. The normalized spacial score (nSPS) is 17.5. The number of nitrogens with one attached hydrogen (secondary N) is 1. The van der Waals surface area contributed by atoms with Crippen molar-refractivity contribution in [1.82, 2.24) is 9.88 Å². The van der Waals surface area contributed by atoms with Crippen LogP contribution in [-0.2, 0) is 6.42 Å². The highest BCUT2D eigenvalue weighted by Crippen LogP contribution is 2.29. The van der Waals surface area contributed by atoms with E-state index in [0.29, 0.717) is 15.3 Å². The summed E-state index contributed by atoms with van der Waals surface area (Å²) in [6.07, 6.45) is -1.36. The van der Waals surface area contributed by atoms with E-state index in [2.05, 4.69) is 10.3 Å². The largest absolute Gasteiger partial charge is 0.394 e. The Morgan fingerprint density at radius 2 is 2.03 bits per heavy atom. The number of aliphatic hydroxyl groups is 2. The standard InChI is InChI=1S/C22H23F3N4O3S/c1-12-10-28(19-9-16(24)13(7-17(19)25)6-15(31)11-30)4-5-29(12)22(32)27-21-26-18-3-2-14(23)8-20(18)33-21/h2-3,7-9,12,15,30-31H,4-6,10-11H2,1H3,(H,26,27,32)/t12-,15+/m0/s1. The molecule has 0 radical (unpaired) electrons. The Balaban J connectivity index is 1.42. The van der Waals surface area contributed by atoms with Crippen molar-refractivity contribution in [3.8, 4) is 0 Å². The molecule has 2 amide bonds. The Labute approximate surface area is 192 Å². The molecule has 33 heavy (non-hydrogen) atoms. The first-order chi connectivity index (χ1) is 15.7. The van der Waals surface area contributed by atoms with Gasteiger partial charge in [-0.1, -0.05) is 11.3 Å². The molecule has 1 aliphatic rings. The molecule has 7 nitrogen and oxygen atoms in total. The average molecular weight is 481 g/mol. The van der Waals surface area contributed by atoms with Crippen LogP contribution in [0, 0.1) is 17.5 Å². The fraction of sp³-hybridized carbons (Fsp3) is 0.364. The summed E-state index contributed by atoms with van der Waals surface area (Å²) < 4.78 is 43.1. The molecule has 0 spiro atoms. The van der Waals surface area contributed by atoms with Crippen LogP contribution in [0.2, 0.25) is 0 Å². The Morgan fingerprint density at radius 1 is 1.24 bits per heavy atom. The van der Waals surface area contributed by atoms with Gasteiger partial charge in [0.1, 0.15) is 17.5 Å².